The highest BCUT2D eigenvalue weighted by Gasteiger charge is 2.31. The second kappa shape index (κ2) is 9.77. The Kier molecular flexibility index (Phi) is 6.63. The van der Waals surface area contributed by atoms with Gasteiger partial charge in [0.1, 0.15) is 11.5 Å². The molecule has 1 atom stereocenters. The predicted molar refractivity (Wildman–Crippen MR) is 128 cm³/mol. The van der Waals surface area contributed by atoms with Gasteiger partial charge in [-0.25, -0.2) is 0 Å². The van der Waals surface area contributed by atoms with Crippen LogP contribution in [0.15, 0.2) is 66.7 Å². The molecular weight excluding hydrogens is 416 g/mol. The maximum atomic E-state index is 13.3. The van der Waals surface area contributed by atoms with Gasteiger partial charge in [-0.2, -0.15) is 0 Å². The highest BCUT2D eigenvalue weighted by molar-refractivity contribution is 6.07. The first-order valence-corrected chi connectivity index (χ1v) is 11.0. The number of rotatable bonds is 7. The van der Waals surface area contributed by atoms with Crippen molar-refractivity contribution in [3.63, 3.8) is 0 Å². The van der Waals surface area contributed by atoms with Crippen LogP contribution in [0.5, 0.6) is 11.5 Å². The van der Waals surface area contributed by atoms with Crippen LogP contribution in [-0.4, -0.2) is 32.1 Å². The minimum Gasteiger partial charge on any atom is -0.497 e. The van der Waals surface area contributed by atoms with E-state index in [9.17, 15) is 9.59 Å². The minimum atomic E-state index is -0.0554. The Morgan fingerprint density at radius 1 is 0.909 bits per heavy atom. The monoisotopic (exact) mass is 444 g/mol. The summed E-state index contributed by atoms with van der Waals surface area (Å²) in [4.78, 5) is 27.5. The van der Waals surface area contributed by atoms with Gasteiger partial charge in [0.15, 0.2) is 0 Å². The van der Waals surface area contributed by atoms with Crippen LogP contribution in [0.25, 0.3) is 0 Å². The number of benzene rings is 3. The quantitative estimate of drug-likeness (QED) is 0.594. The lowest BCUT2D eigenvalue weighted by Crippen LogP contribution is -2.35. The molecular formula is C27H28N2O4. The second-order valence-electron chi connectivity index (χ2n) is 8.22. The van der Waals surface area contributed by atoms with Crippen LogP contribution in [0, 0.1) is 0 Å². The SMILES string of the molecule is COc1ccc(CC(=O)NCc2ccc3c(c2)N(C(=O)c2ccc(OC)cc2)C(C)C3)cc1. The first-order valence-electron chi connectivity index (χ1n) is 11.0. The molecule has 0 saturated carbocycles. The lowest BCUT2D eigenvalue weighted by Gasteiger charge is -2.23. The molecule has 0 bridgehead atoms. The smallest absolute Gasteiger partial charge is 0.258 e. The van der Waals surface area contributed by atoms with E-state index in [2.05, 4.69) is 18.3 Å². The van der Waals surface area contributed by atoms with Gasteiger partial charge in [0.05, 0.1) is 20.6 Å². The third-order valence-electron chi connectivity index (χ3n) is 5.93. The number of ether oxygens (including phenoxy) is 2. The summed E-state index contributed by atoms with van der Waals surface area (Å²) in [6, 6.07) is 20.8. The molecule has 0 aliphatic carbocycles. The largest absolute Gasteiger partial charge is 0.497 e. The molecule has 1 N–H and O–H groups in total. The van der Waals surface area contributed by atoms with E-state index in [1.165, 1.54) is 0 Å². The molecule has 3 aromatic rings. The Bertz CT molecular complexity index is 1140. The average Bonchev–Trinajstić information content (AvgIpc) is 3.17. The van der Waals surface area contributed by atoms with Crippen molar-refractivity contribution in [3.05, 3.63) is 89.0 Å². The van der Waals surface area contributed by atoms with E-state index in [4.69, 9.17) is 9.47 Å². The number of amides is 2. The Labute approximate surface area is 194 Å². The number of carbonyl (C=O) groups is 2. The van der Waals surface area contributed by atoms with Crippen molar-refractivity contribution in [1.29, 1.82) is 0 Å². The Balaban J connectivity index is 1.44. The molecule has 1 heterocycles. The maximum Gasteiger partial charge on any atom is 0.258 e. The van der Waals surface area contributed by atoms with Crippen molar-refractivity contribution in [3.8, 4) is 11.5 Å². The van der Waals surface area contributed by atoms with E-state index in [0.717, 1.165) is 34.5 Å². The topological polar surface area (TPSA) is 67.9 Å². The van der Waals surface area contributed by atoms with Gasteiger partial charge in [-0.3, -0.25) is 9.59 Å². The van der Waals surface area contributed by atoms with Crippen molar-refractivity contribution in [2.24, 2.45) is 0 Å². The molecule has 1 aliphatic heterocycles. The summed E-state index contributed by atoms with van der Waals surface area (Å²) >= 11 is 0. The summed E-state index contributed by atoms with van der Waals surface area (Å²) < 4.78 is 10.4. The highest BCUT2D eigenvalue weighted by atomic mass is 16.5. The number of nitrogens with one attached hydrogen (secondary N) is 1. The summed E-state index contributed by atoms with van der Waals surface area (Å²) in [5, 5.41) is 2.98. The van der Waals surface area contributed by atoms with Crippen LogP contribution < -0.4 is 19.7 Å². The molecule has 2 amide bonds. The number of nitrogens with zero attached hydrogens (tertiary/aromatic N) is 1. The van der Waals surface area contributed by atoms with Crippen molar-refractivity contribution in [2.75, 3.05) is 19.1 Å². The van der Waals surface area contributed by atoms with Crippen LogP contribution in [0.4, 0.5) is 5.69 Å². The van der Waals surface area contributed by atoms with Gasteiger partial charge in [-0.1, -0.05) is 24.3 Å². The van der Waals surface area contributed by atoms with Gasteiger partial charge in [-0.05, 0) is 72.5 Å². The van der Waals surface area contributed by atoms with Crippen LogP contribution in [0.2, 0.25) is 0 Å². The zero-order valence-corrected chi connectivity index (χ0v) is 19.1. The summed E-state index contributed by atoms with van der Waals surface area (Å²) in [5.41, 5.74) is 4.54. The number of hydrogen-bond acceptors (Lipinski definition) is 4. The standard InChI is InChI=1S/C27H28N2O4/c1-18-14-22-7-4-20(17-28-26(30)16-19-5-10-23(32-2)11-6-19)15-25(22)29(18)27(31)21-8-12-24(33-3)13-9-21/h4-13,15,18H,14,16-17H2,1-3H3,(H,28,30). The van der Waals surface area contributed by atoms with Crippen LogP contribution in [0.3, 0.4) is 0 Å². The molecule has 0 spiro atoms. The number of hydrogen-bond donors (Lipinski definition) is 1. The van der Waals surface area contributed by atoms with Crippen molar-refractivity contribution < 1.29 is 19.1 Å². The van der Waals surface area contributed by atoms with Crippen LogP contribution in [-0.2, 0) is 24.2 Å². The van der Waals surface area contributed by atoms with Gasteiger partial charge >= 0.3 is 0 Å². The molecule has 33 heavy (non-hydrogen) atoms. The van der Waals surface area contributed by atoms with Gasteiger partial charge in [0.2, 0.25) is 5.91 Å². The lowest BCUT2D eigenvalue weighted by atomic mass is 10.1. The maximum absolute atomic E-state index is 13.3. The van der Waals surface area contributed by atoms with Crippen LogP contribution in [0.1, 0.15) is 34.0 Å². The van der Waals surface area contributed by atoms with E-state index >= 15 is 0 Å². The molecule has 4 rings (SSSR count). The third kappa shape index (κ3) is 5.00. The Morgan fingerprint density at radius 3 is 2.15 bits per heavy atom. The van der Waals surface area contributed by atoms with Gasteiger partial charge in [0.25, 0.3) is 5.91 Å². The molecule has 6 nitrogen and oxygen atoms in total. The first-order chi connectivity index (χ1) is 16.0. The molecule has 1 aliphatic rings. The Morgan fingerprint density at radius 2 is 1.52 bits per heavy atom. The van der Waals surface area contributed by atoms with E-state index < -0.39 is 0 Å². The number of anilines is 1. The zero-order chi connectivity index (χ0) is 23.4. The molecule has 6 heteroatoms. The van der Waals surface area contributed by atoms with Gasteiger partial charge in [-0.15, -0.1) is 0 Å². The van der Waals surface area contributed by atoms with Crippen molar-refractivity contribution in [1.82, 2.24) is 5.32 Å². The minimum absolute atomic E-state index is 0.0374. The molecule has 1 unspecified atom stereocenters. The fourth-order valence-corrected chi connectivity index (χ4v) is 4.14. The van der Waals surface area contributed by atoms with E-state index in [1.807, 2.05) is 41.3 Å². The first kappa shape index (κ1) is 22.4. The summed E-state index contributed by atoms with van der Waals surface area (Å²) in [5.74, 6) is 1.39. The van der Waals surface area contributed by atoms with E-state index in [1.54, 1.807) is 38.5 Å². The molecule has 0 fully saturated rings. The van der Waals surface area contributed by atoms with Gasteiger partial charge in [0, 0.05) is 23.8 Å². The normalized spacial score (nSPS) is 14.5. The molecule has 170 valence electrons. The summed E-state index contributed by atoms with van der Waals surface area (Å²) in [6.07, 6.45) is 1.11. The zero-order valence-electron chi connectivity index (χ0n) is 19.1. The molecule has 0 radical (unpaired) electrons. The number of methoxy groups -OCH3 is 2. The molecule has 0 aromatic heterocycles. The molecule has 3 aromatic carbocycles. The van der Waals surface area contributed by atoms with Crippen LogP contribution >= 0.6 is 0 Å². The fourth-order valence-electron chi connectivity index (χ4n) is 4.14. The van der Waals surface area contributed by atoms with E-state index in [-0.39, 0.29) is 17.9 Å². The second-order valence-corrected chi connectivity index (χ2v) is 8.22. The average molecular weight is 445 g/mol. The molecule has 0 saturated heterocycles. The number of carbonyl (C=O) groups excluding carboxylic acids is 2. The fraction of sp³-hybridized carbons (Fsp3) is 0.259. The Hall–Kier alpha value is -3.80. The third-order valence-corrected chi connectivity index (χ3v) is 5.93. The lowest BCUT2D eigenvalue weighted by molar-refractivity contribution is -0.120. The number of fused-ring (bicyclic) bond motifs is 1. The highest BCUT2D eigenvalue weighted by Crippen LogP contribution is 2.34. The van der Waals surface area contributed by atoms with E-state index in [0.29, 0.717) is 24.3 Å². The van der Waals surface area contributed by atoms with Crippen molar-refractivity contribution in [2.45, 2.75) is 32.4 Å². The summed E-state index contributed by atoms with van der Waals surface area (Å²) in [6.45, 7) is 2.46. The van der Waals surface area contributed by atoms with Gasteiger partial charge < -0.3 is 19.7 Å². The predicted octanol–water partition coefficient (Wildman–Crippen LogP) is 4.15. The van der Waals surface area contributed by atoms with Crippen molar-refractivity contribution >= 4 is 17.5 Å². The summed E-state index contributed by atoms with van der Waals surface area (Å²) in [7, 11) is 3.22.